The highest BCUT2D eigenvalue weighted by atomic mass is 19.1. The molecule has 2 heterocycles. The van der Waals surface area contributed by atoms with Gasteiger partial charge in [-0.3, -0.25) is 14.3 Å². The van der Waals surface area contributed by atoms with Gasteiger partial charge in [-0.2, -0.15) is 5.10 Å². The molecular formula is C18H20FN3O4. The first-order chi connectivity index (χ1) is 12.5. The van der Waals surface area contributed by atoms with Crippen LogP contribution in [0.25, 0.3) is 0 Å². The fourth-order valence-electron chi connectivity index (χ4n) is 3.03. The molecule has 0 bridgehead atoms. The Morgan fingerprint density at radius 2 is 2.04 bits per heavy atom. The summed E-state index contributed by atoms with van der Waals surface area (Å²) in [5, 5.41) is 13.1. The van der Waals surface area contributed by atoms with Gasteiger partial charge >= 0.3 is 5.97 Å². The number of likely N-dealkylation sites (tertiary alicyclic amines) is 1. The molecule has 0 saturated carbocycles. The highest BCUT2D eigenvalue weighted by molar-refractivity contribution is 5.78. The summed E-state index contributed by atoms with van der Waals surface area (Å²) in [5.41, 5.74) is 0.795. The first kappa shape index (κ1) is 17.9. The van der Waals surface area contributed by atoms with E-state index in [-0.39, 0.29) is 30.8 Å². The van der Waals surface area contributed by atoms with Gasteiger partial charge in [0.25, 0.3) is 5.91 Å². The predicted octanol–water partition coefficient (Wildman–Crippen LogP) is 1.89. The SMILES string of the molecule is O=C(O)Cn1ccc([C@@H]2CCCN(C(=O)COc3ccc(F)cc3)C2)n1. The van der Waals surface area contributed by atoms with E-state index in [0.717, 1.165) is 18.5 Å². The Hall–Kier alpha value is -2.90. The van der Waals surface area contributed by atoms with Gasteiger partial charge in [0.05, 0.1) is 5.69 Å². The minimum absolute atomic E-state index is 0.0774. The molecule has 0 radical (unpaired) electrons. The number of piperidine rings is 1. The van der Waals surface area contributed by atoms with E-state index in [1.165, 1.54) is 28.9 Å². The topological polar surface area (TPSA) is 84.7 Å². The smallest absolute Gasteiger partial charge is 0.325 e. The number of carboxylic acid groups (broad SMARTS) is 1. The molecule has 8 heteroatoms. The zero-order chi connectivity index (χ0) is 18.5. The van der Waals surface area contributed by atoms with E-state index in [9.17, 15) is 14.0 Å². The second-order valence-electron chi connectivity index (χ2n) is 6.25. The third-order valence-electron chi connectivity index (χ3n) is 4.33. The fourth-order valence-corrected chi connectivity index (χ4v) is 3.03. The Balaban J connectivity index is 1.55. The lowest BCUT2D eigenvalue weighted by molar-refractivity contribution is -0.138. The van der Waals surface area contributed by atoms with Gasteiger partial charge in [-0.1, -0.05) is 0 Å². The van der Waals surface area contributed by atoms with Crippen LogP contribution in [0.1, 0.15) is 24.5 Å². The molecule has 7 nitrogen and oxygen atoms in total. The second kappa shape index (κ2) is 7.99. The summed E-state index contributed by atoms with van der Waals surface area (Å²) in [6.45, 7) is 0.889. The van der Waals surface area contributed by atoms with Gasteiger partial charge in [-0.25, -0.2) is 4.39 Å². The summed E-state index contributed by atoms with van der Waals surface area (Å²) < 4.78 is 19.7. The first-order valence-electron chi connectivity index (χ1n) is 8.42. The van der Waals surface area contributed by atoms with E-state index in [1.54, 1.807) is 17.2 Å². The van der Waals surface area contributed by atoms with Gasteiger partial charge in [-0.05, 0) is 43.2 Å². The number of rotatable bonds is 6. The second-order valence-corrected chi connectivity index (χ2v) is 6.25. The lowest BCUT2D eigenvalue weighted by Gasteiger charge is -2.32. The summed E-state index contributed by atoms with van der Waals surface area (Å²) >= 11 is 0. The van der Waals surface area contributed by atoms with Crippen molar-refractivity contribution in [1.29, 1.82) is 0 Å². The number of nitrogens with zero attached hydrogens (tertiary/aromatic N) is 3. The normalized spacial score (nSPS) is 17.1. The van der Waals surface area contributed by atoms with Crippen molar-refractivity contribution < 1.29 is 23.8 Å². The Morgan fingerprint density at radius 3 is 2.77 bits per heavy atom. The molecule has 1 aliphatic heterocycles. The van der Waals surface area contributed by atoms with Crippen LogP contribution in [0.15, 0.2) is 36.5 Å². The van der Waals surface area contributed by atoms with Crippen LogP contribution >= 0.6 is 0 Å². The highest BCUT2D eigenvalue weighted by Crippen LogP contribution is 2.25. The number of amides is 1. The van der Waals surface area contributed by atoms with Crippen molar-refractivity contribution in [3.63, 3.8) is 0 Å². The maximum absolute atomic E-state index is 12.9. The molecule has 1 aromatic carbocycles. The molecule has 26 heavy (non-hydrogen) atoms. The third-order valence-corrected chi connectivity index (χ3v) is 4.33. The molecule has 0 unspecified atom stereocenters. The van der Waals surface area contributed by atoms with Crippen LogP contribution in [-0.2, 0) is 16.1 Å². The van der Waals surface area contributed by atoms with Gasteiger partial charge in [-0.15, -0.1) is 0 Å². The maximum Gasteiger partial charge on any atom is 0.325 e. The molecule has 1 atom stereocenters. The molecule has 0 spiro atoms. The van der Waals surface area contributed by atoms with Crippen molar-refractivity contribution in [2.45, 2.75) is 25.3 Å². The van der Waals surface area contributed by atoms with Crippen molar-refractivity contribution in [1.82, 2.24) is 14.7 Å². The lowest BCUT2D eigenvalue weighted by Crippen LogP contribution is -2.41. The molecule has 1 fully saturated rings. The number of carboxylic acids is 1. The van der Waals surface area contributed by atoms with E-state index in [4.69, 9.17) is 9.84 Å². The van der Waals surface area contributed by atoms with Gasteiger partial charge in [0, 0.05) is 25.2 Å². The zero-order valence-corrected chi connectivity index (χ0v) is 14.2. The summed E-state index contributed by atoms with van der Waals surface area (Å²) in [4.78, 5) is 24.9. The Morgan fingerprint density at radius 1 is 1.27 bits per heavy atom. The number of aliphatic carboxylic acids is 1. The van der Waals surface area contributed by atoms with Crippen LogP contribution < -0.4 is 4.74 Å². The van der Waals surface area contributed by atoms with Crippen molar-refractivity contribution in [2.24, 2.45) is 0 Å². The number of aromatic nitrogens is 2. The molecule has 1 N–H and O–H groups in total. The standard InChI is InChI=1S/C18H20FN3O4/c19-14-3-5-15(6-4-14)26-12-17(23)21-8-1-2-13(10-21)16-7-9-22(20-16)11-18(24)25/h3-7,9,13H,1-2,8,10-12H2,(H,24,25)/t13-/m1/s1. The lowest BCUT2D eigenvalue weighted by atomic mass is 9.95. The van der Waals surface area contributed by atoms with Crippen LogP contribution in [0.2, 0.25) is 0 Å². The molecule has 1 amide bonds. The average molecular weight is 361 g/mol. The van der Waals surface area contributed by atoms with E-state index in [2.05, 4.69) is 5.10 Å². The van der Waals surface area contributed by atoms with Crippen molar-refractivity contribution in [2.75, 3.05) is 19.7 Å². The van der Waals surface area contributed by atoms with Crippen LogP contribution in [-0.4, -0.2) is 51.4 Å². The molecule has 0 aliphatic carbocycles. The summed E-state index contributed by atoms with van der Waals surface area (Å²) in [6.07, 6.45) is 3.38. The van der Waals surface area contributed by atoms with Gasteiger partial charge in [0.1, 0.15) is 18.1 Å². The van der Waals surface area contributed by atoms with Crippen LogP contribution in [0.5, 0.6) is 5.75 Å². The number of carbonyl (C=O) groups is 2. The minimum Gasteiger partial charge on any atom is -0.484 e. The minimum atomic E-state index is -0.946. The monoisotopic (exact) mass is 361 g/mol. The maximum atomic E-state index is 12.9. The van der Waals surface area contributed by atoms with Crippen molar-refractivity contribution >= 4 is 11.9 Å². The number of benzene rings is 1. The summed E-state index contributed by atoms with van der Waals surface area (Å²) in [6, 6.07) is 7.33. The first-order valence-corrected chi connectivity index (χ1v) is 8.42. The summed E-state index contributed by atoms with van der Waals surface area (Å²) in [5.74, 6) is -0.916. The molecule has 1 aliphatic rings. The average Bonchev–Trinajstić information content (AvgIpc) is 3.09. The van der Waals surface area contributed by atoms with Crippen LogP contribution in [0, 0.1) is 5.82 Å². The van der Waals surface area contributed by atoms with Gasteiger partial charge in [0.2, 0.25) is 0 Å². The number of carbonyl (C=O) groups excluding carboxylic acids is 1. The van der Waals surface area contributed by atoms with Crippen molar-refractivity contribution in [3.05, 3.63) is 48.0 Å². The Labute approximate surface area is 150 Å². The van der Waals surface area contributed by atoms with E-state index >= 15 is 0 Å². The largest absolute Gasteiger partial charge is 0.484 e. The quantitative estimate of drug-likeness (QED) is 0.849. The Kier molecular flexibility index (Phi) is 5.50. The molecule has 1 aromatic heterocycles. The van der Waals surface area contributed by atoms with Crippen LogP contribution in [0.3, 0.4) is 0 Å². The van der Waals surface area contributed by atoms with Gasteiger partial charge in [0.15, 0.2) is 6.61 Å². The molecule has 2 aromatic rings. The van der Waals surface area contributed by atoms with E-state index < -0.39 is 5.97 Å². The highest BCUT2D eigenvalue weighted by Gasteiger charge is 2.26. The number of halogens is 1. The van der Waals surface area contributed by atoms with Gasteiger partial charge < -0.3 is 14.7 Å². The van der Waals surface area contributed by atoms with E-state index in [0.29, 0.717) is 18.8 Å². The molecule has 1 saturated heterocycles. The number of hydrogen-bond acceptors (Lipinski definition) is 4. The zero-order valence-electron chi connectivity index (χ0n) is 14.2. The third kappa shape index (κ3) is 4.59. The fraction of sp³-hybridized carbons (Fsp3) is 0.389. The molecular weight excluding hydrogens is 341 g/mol. The van der Waals surface area contributed by atoms with Crippen LogP contribution in [0.4, 0.5) is 4.39 Å². The summed E-state index contributed by atoms with van der Waals surface area (Å²) in [7, 11) is 0. The predicted molar refractivity (Wildman–Crippen MR) is 90.3 cm³/mol. The Bertz CT molecular complexity index is 775. The number of hydrogen-bond donors (Lipinski definition) is 1. The molecule has 138 valence electrons. The molecule has 3 rings (SSSR count). The van der Waals surface area contributed by atoms with Crippen molar-refractivity contribution in [3.8, 4) is 5.75 Å². The number of ether oxygens (including phenoxy) is 1. The van der Waals surface area contributed by atoms with E-state index in [1.807, 2.05) is 0 Å².